The van der Waals surface area contributed by atoms with E-state index in [-0.39, 0.29) is 11.1 Å². The normalized spacial score (nSPS) is 18.1. The summed E-state index contributed by atoms with van der Waals surface area (Å²) in [5.74, 6) is 2.17. The van der Waals surface area contributed by atoms with Gasteiger partial charge in [-0.25, -0.2) is 9.98 Å². The van der Waals surface area contributed by atoms with Gasteiger partial charge in [0.25, 0.3) is 0 Å². The van der Waals surface area contributed by atoms with E-state index >= 15 is 0 Å². The molecule has 2 aromatic rings. The summed E-state index contributed by atoms with van der Waals surface area (Å²) < 4.78 is 17.4. The number of rotatable bonds is 5. The number of hydrogen-bond donors (Lipinski definition) is 0. The molecule has 2 heterocycles. The molecular weight excluding hydrogens is 428 g/mol. The summed E-state index contributed by atoms with van der Waals surface area (Å²) in [6, 6.07) is 14.4. The van der Waals surface area contributed by atoms with Crippen molar-refractivity contribution >= 4 is 34.2 Å². The van der Waals surface area contributed by atoms with E-state index in [1.165, 1.54) is 0 Å². The second kappa shape index (κ2) is 9.40. The van der Waals surface area contributed by atoms with Gasteiger partial charge >= 0.3 is 0 Å². The molecule has 2 aliphatic heterocycles. The molecule has 4 rings (SSSR count). The highest BCUT2D eigenvalue weighted by molar-refractivity contribution is 8.07. The van der Waals surface area contributed by atoms with Gasteiger partial charge in [-0.3, -0.25) is 0 Å². The molecule has 0 unspecified atom stereocenters. The molecule has 7 heteroatoms. The van der Waals surface area contributed by atoms with E-state index in [9.17, 15) is 0 Å². The Bertz CT molecular complexity index is 998. The zero-order chi connectivity index (χ0) is 22.6. The van der Waals surface area contributed by atoms with Crippen molar-refractivity contribution in [3.05, 3.63) is 53.6 Å². The summed E-state index contributed by atoms with van der Waals surface area (Å²) >= 11 is 7.33. The van der Waals surface area contributed by atoms with Gasteiger partial charge in [-0.05, 0) is 70.0 Å². The minimum absolute atomic E-state index is 0.224. The Kier molecular flexibility index (Phi) is 7.06. The smallest absolute Gasteiger partial charge is 0.217 e. The van der Waals surface area contributed by atoms with Crippen LogP contribution in [0, 0.1) is 0 Å². The number of hydrogen-bond acceptors (Lipinski definition) is 7. The molecule has 0 aliphatic carbocycles. The van der Waals surface area contributed by atoms with E-state index in [4.69, 9.17) is 24.2 Å². The molecule has 0 atom stereocenters. The summed E-state index contributed by atoms with van der Waals surface area (Å²) in [5.41, 5.74) is 3.56. The van der Waals surface area contributed by atoms with Gasteiger partial charge < -0.3 is 14.2 Å². The molecule has 5 nitrogen and oxygen atoms in total. The molecule has 0 fully saturated rings. The Balaban J connectivity index is 0.00000132. The van der Waals surface area contributed by atoms with Crippen molar-refractivity contribution in [1.29, 1.82) is 0 Å². The molecule has 0 radical (unpaired) electrons. The quantitative estimate of drug-likeness (QED) is 0.643. The molecule has 2 aromatic carbocycles. The third-order valence-corrected chi connectivity index (χ3v) is 4.91. The van der Waals surface area contributed by atoms with Crippen molar-refractivity contribution in [3.8, 4) is 16.9 Å². The molecule has 0 saturated carbocycles. The zero-order valence-electron chi connectivity index (χ0n) is 18.6. The van der Waals surface area contributed by atoms with Crippen molar-refractivity contribution in [3.63, 3.8) is 0 Å². The summed E-state index contributed by atoms with van der Waals surface area (Å²) in [7, 11) is 0. The number of ether oxygens (including phenoxy) is 3. The highest BCUT2D eigenvalue weighted by atomic mass is 32.8. The van der Waals surface area contributed by atoms with Gasteiger partial charge in [0.05, 0.1) is 17.7 Å². The van der Waals surface area contributed by atoms with Crippen molar-refractivity contribution < 1.29 is 14.2 Å². The van der Waals surface area contributed by atoms with Crippen LogP contribution in [0.5, 0.6) is 5.75 Å². The lowest BCUT2D eigenvalue weighted by molar-refractivity contribution is 0.277. The molecule has 164 valence electrons. The second-order valence-corrected chi connectivity index (χ2v) is 8.75. The lowest BCUT2D eigenvalue weighted by atomic mass is 9.98. The maximum atomic E-state index is 5.97. The molecule has 0 bridgehead atoms. The fourth-order valence-electron chi connectivity index (χ4n) is 3.44. The maximum absolute atomic E-state index is 5.97. The monoisotopic (exact) mass is 456 g/mol. The number of benzene rings is 2. The molecule has 0 spiro atoms. The summed E-state index contributed by atoms with van der Waals surface area (Å²) in [6.45, 7) is 12.1. The van der Waals surface area contributed by atoms with Crippen LogP contribution < -0.4 is 4.74 Å². The molecule has 0 saturated heterocycles. The van der Waals surface area contributed by atoms with E-state index in [0.29, 0.717) is 31.6 Å². The predicted octanol–water partition coefficient (Wildman–Crippen LogP) is 4.86. The van der Waals surface area contributed by atoms with Crippen LogP contribution in [0.1, 0.15) is 45.7 Å². The van der Waals surface area contributed by atoms with Crippen molar-refractivity contribution in [1.82, 2.24) is 0 Å². The van der Waals surface area contributed by atoms with Crippen LogP contribution in [0.3, 0.4) is 0 Å². The van der Waals surface area contributed by atoms with Crippen LogP contribution in [0.15, 0.2) is 52.4 Å². The first kappa shape index (κ1) is 23.3. The topological polar surface area (TPSA) is 52.4 Å². The highest BCUT2D eigenvalue weighted by Crippen LogP contribution is 2.31. The standard InChI is InChI=1S/C24H28N2O3.S2/c1-6-27-18-10-7-16(8-11-18)17-9-12-19(21-25-23(2,3)14-28-21)20(13-17)22-26-24(4,5)15-29-22;1-2/h7-13H,6,14-15H2,1-5H3;. The Morgan fingerprint density at radius 2 is 1.32 bits per heavy atom. The maximum Gasteiger partial charge on any atom is 0.217 e. The molecular formula is C24H28N2O3S2. The van der Waals surface area contributed by atoms with Gasteiger partial charge in [-0.15, -0.1) is 0 Å². The SMILES string of the molecule is CCOc1ccc(-c2ccc(C3=NC(C)(C)CO3)c(C3=NC(C)(C)CO3)c2)cc1.S=S. The predicted molar refractivity (Wildman–Crippen MR) is 131 cm³/mol. The van der Waals surface area contributed by atoms with Crippen LogP contribution in [0.4, 0.5) is 0 Å². The van der Waals surface area contributed by atoms with E-state index in [1.54, 1.807) is 0 Å². The van der Waals surface area contributed by atoms with Crippen LogP contribution in [-0.2, 0) is 31.8 Å². The van der Waals surface area contributed by atoms with Crippen molar-refractivity contribution in [2.75, 3.05) is 19.8 Å². The lowest BCUT2D eigenvalue weighted by Crippen LogP contribution is -2.17. The van der Waals surface area contributed by atoms with E-state index in [1.807, 2.05) is 19.1 Å². The van der Waals surface area contributed by atoms with Gasteiger partial charge in [-0.1, -0.05) is 18.2 Å². The minimum Gasteiger partial charge on any atom is -0.494 e. The van der Waals surface area contributed by atoms with Gasteiger partial charge in [0.15, 0.2) is 0 Å². The van der Waals surface area contributed by atoms with Crippen LogP contribution in [0.2, 0.25) is 0 Å². The number of nitrogens with zero attached hydrogens (tertiary/aromatic N) is 2. The Morgan fingerprint density at radius 3 is 1.81 bits per heavy atom. The van der Waals surface area contributed by atoms with Gasteiger partial charge in [0, 0.05) is 33.5 Å². The fourth-order valence-corrected chi connectivity index (χ4v) is 3.44. The average molecular weight is 457 g/mol. The summed E-state index contributed by atoms with van der Waals surface area (Å²) in [6.07, 6.45) is 0. The first-order valence-electron chi connectivity index (χ1n) is 10.3. The largest absolute Gasteiger partial charge is 0.494 e. The second-order valence-electron chi connectivity index (χ2n) is 8.75. The molecule has 0 aromatic heterocycles. The van der Waals surface area contributed by atoms with E-state index < -0.39 is 0 Å². The fraction of sp³-hybridized carbons (Fsp3) is 0.417. The van der Waals surface area contributed by atoms with Crippen molar-refractivity contribution in [2.24, 2.45) is 9.98 Å². The third kappa shape index (κ3) is 5.46. The average Bonchev–Trinajstić information content (AvgIpc) is 3.31. The summed E-state index contributed by atoms with van der Waals surface area (Å²) in [4.78, 5) is 9.56. The Morgan fingerprint density at radius 1 is 0.806 bits per heavy atom. The molecule has 0 N–H and O–H groups in total. The zero-order valence-corrected chi connectivity index (χ0v) is 20.2. The molecule has 0 amide bonds. The van der Waals surface area contributed by atoms with Crippen LogP contribution in [-0.4, -0.2) is 42.7 Å². The molecule has 31 heavy (non-hydrogen) atoms. The highest BCUT2D eigenvalue weighted by Gasteiger charge is 2.32. The summed E-state index contributed by atoms with van der Waals surface area (Å²) in [5, 5.41) is 0. The molecule has 2 aliphatic rings. The van der Waals surface area contributed by atoms with Crippen LogP contribution >= 0.6 is 0 Å². The first-order valence-corrected chi connectivity index (χ1v) is 11.6. The van der Waals surface area contributed by atoms with E-state index in [2.05, 4.69) is 80.4 Å². The lowest BCUT2D eigenvalue weighted by Gasteiger charge is -2.12. The van der Waals surface area contributed by atoms with Crippen molar-refractivity contribution in [2.45, 2.75) is 45.7 Å². The third-order valence-electron chi connectivity index (χ3n) is 4.91. The van der Waals surface area contributed by atoms with Gasteiger partial charge in [0.1, 0.15) is 19.0 Å². The van der Waals surface area contributed by atoms with Gasteiger partial charge in [0.2, 0.25) is 11.8 Å². The van der Waals surface area contributed by atoms with Gasteiger partial charge in [-0.2, -0.15) is 0 Å². The minimum atomic E-state index is -0.237. The Labute approximate surface area is 194 Å². The first-order chi connectivity index (χ1) is 14.8. The van der Waals surface area contributed by atoms with Crippen LogP contribution in [0.25, 0.3) is 11.1 Å². The Hall–Kier alpha value is -2.38. The number of aliphatic imine (C=N–C) groups is 2. The van der Waals surface area contributed by atoms with E-state index in [0.717, 1.165) is 28.0 Å².